The van der Waals surface area contributed by atoms with Crippen molar-refractivity contribution in [2.45, 2.75) is 6.55 Å². The molecule has 0 atom stereocenters. The highest BCUT2D eigenvalue weighted by molar-refractivity contribution is 6.55. The minimum atomic E-state index is 0.111. The summed E-state index contributed by atoms with van der Waals surface area (Å²) < 4.78 is 0.111. The smallest absolute Gasteiger partial charge is 0.0777 e. The van der Waals surface area contributed by atoms with Crippen LogP contribution in [0.5, 0.6) is 0 Å². The van der Waals surface area contributed by atoms with Gasteiger partial charge in [-0.2, -0.15) is 0 Å². The molecular formula is C3H8Cl2Si. The van der Waals surface area contributed by atoms with Crippen LogP contribution in [-0.4, -0.2) is 10.2 Å². The van der Waals surface area contributed by atoms with Gasteiger partial charge >= 0.3 is 0 Å². The number of rotatable bonds is 0. The average molecular weight is 143 g/mol. The second-order valence-electron chi connectivity index (χ2n) is 0.339. The Balaban J connectivity index is 0. The molecule has 0 fully saturated rings. The summed E-state index contributed by atoms with van der Waals surface area (Å²) in [5.74, 6) is 0. The zero-order valence-electron chi connectivity index (χ0n) is 3.96. The normalized spacial score (nSPS) is 5.83. The predicted molar refractivity (Wildman–Crippen MR) is 36.6 cm³/mol. The molecule has 0 aliphatic heterocycles. The molecule has 38 valence electrons. The Bertz CT molecular complexity index is 31.8. The molecule has 0 N–H and O–H groups in total. The van der Waals surface area contributed by atoms with Crippen molar-refractivity contribution in [2.75, 3.05) is 0 Å². The van der Waals surface area contributed by atoms with Gasteiger partial charge in [0.1, 0.15) is 0 Å². The molecule has 0 rings (SSSR count). The minimum Gasteiger partial charge on any atom is -0.0777 e. The molecule has 0 aromatic rings. The Morgan fingerprint density at radius 2 is 1.50 bits per heavy atom. The maximum absolute atomic E-state index is 4.85. The Labute approximate surface area is 51.6 Å². The van der Waals surface area contributed by atoms with Crippen molar-refractivity contribution in [3.63, 3.8) is 0 Å². The molecule has 0 aliphatic rings. The molecule has 0 nitrogen and oxygen atoms in total. The van der Waals surface area contributed by atoms with E-state index in [0.29, 0.717) is 0 Å². The Morgan fingerprint density at radius 3 is 1.50 bits per heavy atom. The van der Waals surface area contributed by atoms with Crippen molar-refractivity contribution in [1.82, 2.24) is 0 Å². The van der Waals surface area contributed by atoms with Crippen LogP contribution in [-0.2, 0) is 0 Å². The van der Waals surface area contributed by atoms with E-state index in [-0.39, 0.29) is 4.49 Å². The first-order valence-corrected chi connectivity index (χ1v) is 4.49. The highest BCUT2D eigenvalue weighted by Crippen LogP contribution is 1.98. The van der Waals surface area contributed by atoms with Crippen LogP contribution in [0, 0.1) is 0 Å². The highest BCUT2D eigenvalue weighted by Gasteiger charge is 1.60. The van der Waals surface area contributed by atoms with Crippen LogP contribution < -0.4 is 0 Å². The van der Waals surface area contributed by atoms with Gasteiger partial charge in [-0.15, -0.1) is 0 Å². The van der Waals surface area contributed by atoms with E-state index in [1.807, 2.05) is 0 Å². The van der Waals surface area contributed by atoms with Crippen LogP contribution in [0.4, 0.5) is 0 Å². The lowest BCUT2D eigenvalue weighted by Crippen LogP contribution is -1.24. The molecule has 0 radical (unpaired) electrons. The summed E-state index contributed by atoms with van der Waals surface area (Å²) in [6, 6.07) is 0. The SMILES string of the molecule is C=C(Cl)Cl.C[SiH3]. The minimum absolute atomic E-state index is 0.111. The Kier molecular flexibility index (Phi) is 14.8. The maximum Gasteiger partial charge on any atom is 0.0992 e. The van der Waals surface area contributed by atoms with Gasteiger partial charge in [-0.1, -0.05) is 36.3 Å². The zero-order chi connectivity index (χ0) is 5.58. The van der Waals surface area contributed by atoms with Gasteiger partial charge < -0.3 is 0 Å². The van der Waals surface area contributed by atoms with Gasteiger partial charge in [-0.05, 0) is 10.2 Å². The predicted octanol–water partition coefficient (Wildman–Crippen LogP) is 1.34. The molecule has 0 heterocycles. The number of halogens is 2. The van der Waals surface area contributed by atoms with E-state index < -0.39 is 0 Å². The van der Waals surface area contributed by atoms with Crippen molar-refractivity contribution in [3.05, 3.63) is 11.1 Å². The van der Waals surface area contributed by atoms with Crippen molar-refractivity contribution in [3.8, 4) is 0 Å². The number of hydrogen-bond donors (Lipinski definition) is 0. The molecule has 0 bridgehead atoms. The van der Waals surface area contributed by atoms with E-state index in [4.69, 9.17) is 23.2 Å². The monoisotopic (exact) mass is 142 g/mol. The molecular weight excluding hydrogens is 135 g/mol. The zero-order valence-corrected chi connectivity index (χ0v) is 7.47. The third kappa shape index (κ3) is 197. The summed E-state index contributed by atoms with van der Waals surface area (Å²) in [6.07, 6.45) is 0. The summed E-state index contributed by atoms with van der Waals surface area (Å²) in [6.45, 7) is 5.23. The van der Waals surface area contributed by atoms with Crippen molar-refractivity contribution >= 4 is 33.4 Å². The first-order valence-electron chi connectivity index (χ1n) is 1.73. The third-order valence-electron chi connectivity index (χ3n) is 0. The fourth-order valence-electron chi connectivity index (χ4n) is 0. The van der Waals surface area contributed by atoms with E-state index in [1.54, 1.807) is 0 Å². The summed E-state index contributed by atoms with van der Waals surface area (Å²) in [4.78, 5) is 0. The van der Waals surface area contributed by atoms with Gasteiger partial charge in [0.05, 0.1) is 4.49 Å². The molecule has 0 saturated heterocycles. The largest absolute Gasteiger partial charge is 0.0992 e. The van der Waals surface area contributed by atoms with Crippen LogP contribution in [0.25, 0.3) is 0 Å². The highest BCUT2D eigenvalue weighted by atomic mass is 35.5. The first kappa shape index (κ1) is 9.74. The van der Waals surface area contributed by atoms with E-state index in [1.165, 1.54) is 10.2 Å². The molecule has 0 spiro atoms. The van der Waals surface area contributed by atoms with Crippen molar-refractivity contribution in [1.29, 1.82) is 0 Å². The number of hydrogen-bond acceptors (Lipinski definition) is 0. The third-order valence-corrected chi connectivity index (χ3v) is 0. The lowest BCUT2D eigenvalue weighted by atomic mass is 11.3. The molecule has 0 aromatic heterocycles. The molecule has 3 heteroatoms. The van der Waals surface area contributed by atoms with E-state index in [0.717, 1.165) is 0 Å². The molecule has 6 heavy (non-hydrogen) atoms. The van der Waals surface area contributed by atoms with Crippen LogP contribution in [0.1, 0.15) is 0 Å². The van der Waals surface area contributed by atoms with Gasteiger partial charge in [0.25, 0.3) is 0 Å². The fourth-order valence-corrected chi connectivity index (χ4v) is 0. The first-order chi connectivity index (χ1) is 2.73. The van der Waals surface area contributed by atoms with Crippen molar-refractivity contribution in [2.24, 2.45) is 0 Å². The van der Waals surface area contributed by atoms with Gasteiger partial charge in [-0.3, -0.25) is 0 Å². The molecule has 0 aromatic carbocycles. The average Bonchev–Trinajstić information content (AvgIpc) is 1.41. The molecule has 0 amide bonds. The quantitative estimate of drug-likeness (QED) is 0.449. The van der Waals surface area contributed by atoms with Gasteiger partial charge in [0.2, 0.25) is 0 Å². The Hall–Kier alpha value is 0.537. The van der Waals surface area contributed by atoms with E-state index >= 15 is 0 Å². The Morgan fingerprint density at radius 1 is 1.50 bits per heavy atom. The summed E-state index contributed by atoms with van der Waals surface area (Å²) in [7, 11) is 1.31. The molecule has 0 aliphatic carbocycles. The summed E-state index contributed by atoms with van der Waals surface area (Å²) >= 11 is 9.69. The second-order valence-corrected chi connectivity index (χ2v) is 1.44. The van der Waals surface area contributed by atoms with Crippen LogP contribution in [0.3, 0.4) is 0 Å². The van der Waals surface area contributed by atoms with Crippen LogP contribution >= 0.6 is 23.2 Å². The standard InChI is InChI=1S/C2H2Cl2.CH6Si/c1-2(3)4;1-2/h1H2;1-2H3. The summed E-state index contributed by atoms with van der Waals surface area (Å²) in [5.41, 5.74) is 0. The lowest BCUT2D eigenvalue weighted by Gasteiger charge is -1.57. The van der Waals surface area contributed by atoms with Gasteiger partial charge in [0, 0.05) is 0 Å². The van der Waals surface area contributed by atoms with Gasteiger partial charge in [0.15, 0.2) is 0 Å². The summed E-state index contributed by atoms with van der Waals surface area (Å²) in [5, 5.41) is 0. The maximum atomic E-state index is 4.85. The van der Waals surface area contributed by atoms with E-state index in [9.17, 15) is 0 Å². The topological polar surface area (TPSA) is 0 Å². The van der Waals surface area contributed by atoms with Crippen LogP contribution in [0.2, 0.25) is 6.55 Å². The van der Waals surface area contributed by atoms with Crippen molar-refractivity contribution < 1.29 is 0 Å². The second kappa shape index (κ2) is 9.11. The van der Waals surface area contributed by atoms with E-state index in [2.05, 4.69) is 13.1 Å². The fraction of sp³-hybridized carbons (Fsp3) is 0.333. The molecule has 0 saturated carbocycles. The molecule has 0 unspecified atom stereocenters. The lowest BCUT2D eigenvalue weighted by molar-refractivity contribution is 2.40. The van der Waals surface area contributed by atoms with Crippen LogP contribution in [0.15, 0.2) is 11.1 Å². The van der Waals surface area contributed by atoms with Gasteiger partial charge in [-0.25, -0.2) is 0 Å².